The van der Waals surface area contributed by atoms with E-state index in [2.05, 4.69) is 10.3 Å². The number of likely N-dealkylation sites (tertiary alicyclic amines) is 1. The molecule has 138 valence electrons. The van der Waals surface area contributed by atoms with Crippen LogP contribution in [0.3, 0.4) is 0 Å². The number of nitrogens with one attached hydrogen (secondary N) is 1. The van der Waals surface area contributed by atoms with Gasteiger partial charge in [-0.3, -0.25) is 14.6 Å². The molecule has 0 spiro atoms. The molecular formula is C20H26N4O2. The van der Waals surface area contributed by atoms with Crippen LogP contribution in [0.5, 0.6) is 0 Å². The first-order valence-electron chi connectivity index (χ1n) is 8.99. The Morgan fingerprint density at radius 1 is 1.35 bits per heavy atom. The molecule has 2 amide bonds. The highest BCUT2D eigenvalue weighted by atomic mass is 16.2. The fraction of sp³-hybridized carbons (Fsp3) is 0.450. The second-order valence-electron chi connectivity index (χ2n) is 7.19. The Morgan fingerprint density at radius 3 is 2.92 bits per heavy atom. The lowest BCUT2D eigenvalue weighted by Crippen LogP contribution is -2.35. The highest BCUT2D eigenvalue weighted by Gasteiger charge is 2.33. The summed E-state index contributed by atoms with van der Waals surface area (Å²) >= 11 is 0. The van der Waals surface area contributed by atoms with Crippen molar-refractivity contribution in [2.45, 2.75) is 19.9 Å². The van der Waals surface area contributed by atoms with Gasteiger partial charge in [-0.15, -0.1) is 0 Å². The molecule has 1 aliphatic rings. The van der Waals surface area contributed by atoms with Crippen molar-refractivity contribution >= 4 is 22.7 Å². The van der Waals surface area contributed by atoms with Gasteiger partial charge in [0.25, 0.3) is 0 Å². The zero-order valence-electron chi connectivity index (χ0n) is 15.7. The van der Waals surface area contributed by atoms with Gasteiger partial charge >= 0.3 is 0 Å². The predicted octanol–water partition coefficient (Wildman–Crippen LogP) is 1.57. The van der Waals surface area contributed by atoms with Crippen molar-refractivity contribution in [3.8, 4) is 0 Å². The maximum absolute atomic E-state index is 12.6. The Labute approximate surface area is 154 Å². The van der Waals surface area contributed by atoms with Crippen molar-refractivity contribution < 1.29 is 9.59 Å². The average Bonchev–Trinajstić information content (AvgIpc) is 3.00. The van der Waals surface area contributed by atoms with E-state index in [1.807, 2.05) is 50.2 Å². The van der Waals surface area contributed by atoms with Gasteiger partial charge in [0.2, 0.25) is 11.8 Å². The fourth-order valence-electron chi connectivity index (χ4n) is 3.36. The standard InChI is InChI=1S/C20H26N4O2/c1-14-6-7-18-16(5-4-8-21-18)17(14)12-22-20(26)15-11-19(25)24(13-15)10-9-23(2)3/h4-8,15H,9-13H2,1-3H3,(H,22,26)/t15-/m0/s1. The van der Waals surface area contributed by atoms with Gasteiger partial charge in [-0.2, -0.15) is 0 Å². The second-order valence-corrected chi connectivity index (χ2v) is 7.19. The van der Waals surface area contributed by atoms with Crippen molar-refractivity contribution in [2.24, 2.45) is 5.92 Å². The van der Waals surface area contributed by atoms with Crippen LogP contribution in [-0.2, 0) is 16.1 Å². The first kappa shape index (κ1) is 18.3. The lowest BCUT2D eigenvalue weighted by molar-refractivity contribution is -0.129. The third kappa shape index (κ3) is 4.02. The Kier molecular flexibility index (Phi) is 5.52. The number of aryl methyl sites for hydroxylation is 1. The summed E-state index contributed by atoms with van der Waals surface area (Å²) in [6.45, 7) is 4.48. The summed E-state index contributed by atoms with van der Waals surface area (Å²) in [6.07, 6.45) is 2.07. The molecule has 3 rings (SSSR count). The Hall–Kier alpha value is -2.47. The van der Waals surface area contributed by atoms with E-state index in [0.29, 0.717) is 26.1 Å². The molecule has 1 atom stereocenters. The number of hydrogen-bond acceptors (Lipinski definition) is 4. The van der Waals surface area contributed by atoms with Crippen molar-refractivity contribution in [3.63, 3.8) is 0 Å². The van der Waals surface area contributed by atoms with E-state index in [4.69, 9.17) is 0 Å². The van der Waals surface area contributed by atoms with Crippen LogP contribution in [0.15, 0.2) is 30.5 Å². The predicted molar refractivity (Wildman–Crippen MR) is 102 cm³/mol. The third-order valence-corrected chi connectivity index (χ3v) is 4.97. The smallest absolute Gasteiger partial charge is 0.225 e. The Balaban J connectivity index is 1.63. The number of benzene rings is 1. The van der Waals surface area contributed by atoms with Crippen molar-refractivity contribution in [3.05, 3.63) is 41.6 Å². The van der Waals surface area contributed by atoms with Crippen LogP contribution >= 0.6 is 0 Å². The molecule has 1 aromatic carbocycles. The summed E-state index contributed by atoms with van der Waals surface area (Å²) in [7, 11) is 3.96. The van der Waals surface area contributed by atoms with Crippen LogP contribution in [-0.4, -0.2) is 60.3 Å². The second kappa shape index (κ2) is 7.83. The lowest BCUT2D eigenvalue weighted by Gasteiger charge is -2.19. The maximum Gasteiger partial charge on any atom is 0.225 e. The van der Waals surface area contributed by atoms with E-state index in [-0.39, 0.29) is 17.7 Å². The highest BCUT2D eigenvalue weighted by molar-refractivity contribution is 5.90. The third-order valence-electron chi connectivity index (χ3n) is 4.97. The van der Waals surface area contributed by atoms with Gasteiger partial charge in [0.05, 0.1) is 11.4 Å². The quantitative estimate of drug-likeness (QED) is 0.855. The molecule has 1 fully saturated rings. The van der Waals surface area contributed by atoms with Crippen molar-refractivity contribution in [1.82, 2.24) is 20.1 Å². The fourth-order valence-corrected chi connectivity index (χ4v) is 3.36. The SMILES string of the molecule is Cc1ccc2ncccc2c1CNC(=O)[C@H]1CC(=O)N(CCN(C)C)C1. The van der Waals surface area contributed by atoms with Gasteiger partial charge in [0, 0.05) is 44.2 Å². The van der Waals surface area contributed by atoms with E-state index in [1.54, 1.807) is 11.1 Å². The zero-order valence-corrected chi connectivity index (χ0v) is 15.7. The number of carbonyl (C=O) groups excluding carboxylic acids is 2. The molecule has 0 bridgehead atoms. The number of carbonyl (C=O) groups is 2. The van der Waals surface area contributed by atoms with Gasteiger partial charge in [-0.05, 0) is 44.3 Å². The molecule has 2 heterocycles. The maximum atomic E-state index is 12.6. The highest BCUT2D eigenvalue weighted by Crippen LogP contribution is 2.22. The van der Waals surface area contributed by atoms with Gasteiger partial charge in [-0.1, -0.05) is 12.1 Å². The number of nitrogens with zero attached hydrogens (tertiary/aromatic N) is 3. The molecule has 6 nitrogen and oxygen atoms in total. The minimum Gasteiger partial charge on any atom is -0.352 e. The number of hydrogen-bond donors (Lipinski definition) is 1. The van der Waals surface area contributed by atoms with Crippen LogP contribution in [0.4, 0.5) is 0 Å². The van der Waals surface area contributed by atoms with Crippen LogP contribution < -0.4 is 5.32 Å². The minimum atomic E-state index is -0.266. The summed E-state index contributed by atoms with van der Waals surface area (Å²) in [5.74, 6) is -0.249. The molecule has 0 saturated carbocycles. The summed E-state index contributed by atoms with van der Waals surface area (Å²) in [5, 5.41) is 4.08. The molecule has 26 heavy (non-hydrogen) atoms. The molecule has 0 radical (unpaired) electrons. The van der Waals surface area contributed by atoms with Crippen LogP contribution in [0.2, 0.25) is 0 Å². The largest absolute Gasteiger partial charge is 0.352 e. The first-order valence-corrected chi connectivity index (χ1v) is 8.99. The monoisotopic (exact) mass is 354 g/mol. The van der Waals surface area contributed by atoms with E-state index >= 15 is 0 Å². The van der Waals surface area contributed by atoms with Gasteiger partial charge in [-0.25, -0.2) is 0 Å². The molecule has 0 aliphatic carbocycles. The summed E-state index contributed by atoms with van der Waals surface area (Å²) < 4.78 is 0. The normalized spacial score (nSPS) is 17.3. The number of rotatable bonds is 6. The van der Waals surface area contributed by atoms with Crippen LogP contribution in [0, 0.1) is 12.8 Å². The van der Waals surface area contributed by atoms with Gasteiger partial charge < -0.3 is 15.1 Å². The number of pyridine rings is 1. The molecular weight excluding hydrogens is 328 g/mol. The minimum absolute atomic E-state index is 0.0500. The van der Waals surface area contributed by atoms with Crippen LogP contribution in [0.25, 0.3) is 10.9 Å². The van der Waals surface area contributed by atoms with Crippen LogP contribution in [0.1, 0.15) is 17.5 Å². The average molecular weight is 354 g/mol. The van der Waals surface area contributed by atoms with Gasteiger partial charge in [0.15, 0.2) is 0 Å². The first-order chi connectivity index (χ1) is 12.5. The molecule has 1 saturated heterocycles. The van der Waals surface area contributed by atoms with E-state index in [1.165, 1.54) is 0 Å². The molecule has 1 aliphatic heterocycles. The number of likely N-dealkylation sites (N-methyl/N-ethyl adjacent to an activating group) is 1. The molecule has 6 heteroatoms. The summed E-state index contributed by atoms with van der Waals surface area (Å²) in [5.41, 5.74) is 3.13. The van der Waals surface area contributed by atoms with E-state index < -0.39 is 0 Å². The Bertz CT molecular complexity index is 819. The summed E-state index contributed by atoms with van der Waals surface area (Å²) in [4.78, 5) is 32.9. The van der Waals surface area contributed by atoms with Crippen molar-refractivity contribution in [1.29, 1.82) is 0 Å². The lowest BCUT2D eigenvalue weighted by atomic mass is 10.0. The number of fused-ring (bicyclic) bond motifs is 1. The zero-order chi connectivity index (χ0) is 18.7. The molecule has 1 aromatic heterocycles. The summed E-state index contributed by atoms with van der Waals surface area (Å²) in [6, 6.07) is 7.96. The molecule has 2 aromatic rings. The topological polar surface area (TPSA) is 65.5 Å². The molecule has 1 N–H and O–H groups in total. The van der Waals surface area contributed by atoms with Gasteiger partial charge in [0.1, 0.15) is 0 Å². The molecule has 0 unspecified atom stereocenters. The Morgan fingerprint density at radius 2 is 2.15 bits per heavy atom. The van der Waals surface area contributed by atoms with Crippen molar-refractivity contribution in [2.75, 3.05) is 33.7 Å². The van der Waals surface area contributed by atoms with E-state index in [0.717, 1.165) is 28.6 Å². The number of aromatic nitrogens is 1. The number of amides is 2. The van der Waals surface area contributed by atoms with E-state index in [9.17, 15) is 9.59 Å².